The van der Waals surface area contributed by atoms with Crippen LogP contribution in [0.5, 0.6) is 0 Å². The molecule has 0 radical (unpaired) electrons. The summed E-state index contributed by atoms with van der Waals surface area (Å²) in [5.74, 6) is -0.833. The number of fused-ring (bicyclic) bond motifs is 1. The summed E-state index contributed by atoms with van der Waals surface area (Å²) in [6, 6.07) is 3.50. The standard InChI is InChI=1S/C6H4ClN3S.C2H4O2/c7-4-2-1-3-5(10-4)11-6(8)9-3;1-2(3)4/h1-2H,(H2,8,9);1H3,(H,3,4). The van der Waals surface area contributed by atoms with Gasteiger partial charge >= 0.3 is 0 Å². The van der Waals surface area contributed by atoms with Gasteiger partial charge in [-0.15, -0.1) is 0 Å². The van der Waals surface area contributed by atoms with Gasteiger partial charge < -0.3 is 10.8 Å². The fraction of sp³-hybridized carbons (Fsp3) is 0.125. The Morgan fingerprint density at radius 3 is 2.73 bits per heavy atom. The van der Waals surface area contributed by atoms with E-state index in [1.807, 2.05) is 0 Å². The predicted molar refractivity (Wildman–Crippen MR) is 60.1 cm³/mol. The van der Waals surface area contributed by atoms with Crippen molar-refractivity contribution in [2.75, 3.05) is 5.73 Å². The van der Waals surface area contributed by atoms with Gasteiger partial charge in [0.25, 0.3) is 5.97 Å². The number of hydrogen-bond donors (Lipinski definition) is 2. The molecule has 0 aromatic carbocycles. The second-order valence-corrected chi connectivity index (χ2v) is 3.93. The molecule has 0 amide bonds. The lowest BCUT2D eigenvalue weighted by Crippen LogP contribution is -1.79. The molecule has 15 heavy (non-hydrogen) atoms. The Balaban J connectivity index is 0.000000245. The van der Waals surface area contributed by atoms with Crippen molar-refractivity contribution in [2.24, 2.45) is 0 Å². The van der Waals surface area contributed by atoms with E-state index in [2.05, 4.69) is 9.97 Å². The predicted octanol–water partition coefficient (Wildman–Crippen LogP) is 2.02. The fourth-order valence-electron chi connectivity index (χ4n) is 0.811. The van der Waals surface area contributed by atoms with Gasteiger partial charge in [-0.25, -0.2) is 9.97 Å². The largest absolute Gasteiger partial charge is 0.481 e. The van der Waals surface area contributed by atoms with E-state index in [1.165, 1.54) is 11.3 Å². The number of nitrogens with zero attached hydrogens (tertiary/aromatic N) is 2. The van der Waals surface area contributed by atoms with Crippen molar-refractivity contribution in [3.8, 4) is 0 Å². The van der Waals surface area contributed by atoms with E-state index < -0.39 is 5.97 Å². The maximum atomic E-state index is 9.00. The molecule has 0 bridgehead atoms. The number of aromatic nitrogens is 2. The van der Waals surface area contributed by atoms with Gasteiger partial charge in [0.1, 0.15) is 15.5 Å². The molecule has 2 heterocycles. The van der Waals surface area contributed by atoms with Crippen molar-refractivity contribution in [2.45, 2.75) is 6.92 Å². The van der Waals surface area contributed by atoms with E-state index in [9.17, 15) is 0 Å². The second-order valence-electron chi connectivity index (χ2n) is 2.53. The molecule has 0 fully saturated rings. The molecule has 0 atom stereocenters. The van der Waals surface area contributed by atoms with E-state index in [0.29, 0.717) is 10.3 Å². The zero-order chi connectivity index (χ0) is 11.4. The molecule has 0 spiro atoms. The molecule has 5 nitrogen and oxygen atoms in total. The van der Waals surface area contributed by atoms with Gasteiger partial charge in [0.05, 0.1) is 0 Å². The van der Waals surface area contributed by atoms with Crippen LogP contribution >= 0.6 is 22.9 Å². The Bertz CT molecular complexity index is 482. The molecule has 80 valence electrons. The van der Waals surface area contributed by atoms with Crippen LogP contribution in [0.3, 0.4) is 0 Å². The topological polar surface area (TPSA) is 89.1 Å². The highest BCUT2D eigenvalue weighted by Gasteiger charge is 2.01. The third-order valence-electron chi connectivity index (χ3n) is 1.24. The lowest BCUT2D eigenvalue weighted by Gasteiger charge is -1.85. The number of pyridine rings is 1. The molecule has 7 heteroatoms. The maximum absolute atomic E-state index is 9.00. The van der Waals surface area contributed by atoms with Crippen molar-refractivity contribution in [1.82, 2.24) is 9.97 Å². The summed E-state index contributed by atoms with van der Waals surface area (Å²) in [5.41, 5.74) is 6.27. The smallest absolute Gasteiger partial charge is 0.300 e. The van der Waals surface area contributed by atoms with E-state index >= 15 is 0 Å². The summed E-state index contributed by atoms with van der Waals surface area (Å²) < 4.78 is 0. The Morgan fingerprint density at radius 2 is 2.13 bits per heavy atom. The van der Waals surface area contributed by atoms with Gasteiger partial charge in [-0.3, -0.25) is 4.79 Å². The van der Waals surface area contributed by atoms with Crippen LogP contribution in [0, 0.1) is 0 Å². The van der Waals surface area contributed by atoms with Gasteiger partial charge in [-0.05, 0) is 12.1 Å². The first kappa shape index (κ1) is 11.7. The summed E-state index contributed by atoms with van der Waals surface area (Å²) >= 11 is 6.99. The van der Waals surface area contributed by atoms with Gasteiger partial charge in [0.2, 0.25) is 0 Å². The van der Waals surface area contributed by atoms with E-state index in [1.54, 1.807) is 12.1 Å². The zero-order valence-electron chi connectivity index (χ0n) is 7.77. The minimum Gasteiger partial charge on any atom is -0.481 e. The number of hydrogen-bond acceptors (Lipinski definition) is 5. The molecule has 2 aromatic rings. The summed E-state index contributed by atoms with van der Waals surface area (Å²) in [5, 5.41) is 8.41. The highest BCUT2D eigenvalue weighted by atomic mass is 35.5. The quantitative estimate of drug-likeness (QED) is 0.693. The molecule has 2 rings (SSSR count). The van der Waals surface area contributed by atoms with Crippen LogP contribution in [0.15, 0.2) is 12.1 Å². The molecular formula is C8H8ClN3O2S. The zero-order valence-corrected chi connectivity index (χ0v) is 9.34. The number of nitrogens with two attached hydrogens (primary N) is 1. The Kier molecular flexibility index (Phi) is 3.81. The Labute approximate surface area is 94.5 Å². The van der Waals surface area contributed by atoms with Crippen molar-refractivity contribution in [1.29, 1.82) is 0 Å². The average molecular weight is 246 g/mol. The van der Waals surface area contributed by atoms with Crippen LogP contribution < -0.4 is 5.73 Å². The van der Waals surface area contributed by atoms with Gasteiger partial charge in [0.15, 0.2) is 5.13 Å². The second kappa shape index (κ2) is 4.90. The van der Waals surface area contributed by atoms with Crippen molar-refractivity contribution < 1.29 is 9.90 Å². The highest BCUT2D eigenvalue weighted by Crippen LogP contribution is 2.22. The van der Waals surface area contributed by atoms with Crippen LogP contribution in [0.2, 0.25) is 5.15 Å². The normalized spacial score (nSPS) is 9.47. The number of aliphatic carboxylic acids is 1. The minimum absolute atomic E-state index is 0.473. The number of carboxylic acids is 1. The average Bonchev–Trinajstić information content (AvgIpc) is 2.42. The molecule has 3 N–H and O–H groups in total. The van der Waals surface area contributed by atoms with Gasteiger partial charge in [-0.1, -0.05) is 22.9 Å². The first-order valence-electron chi connectivity index (χ1n) is 3.87. The number of carbonyl (C=O) groups is 1. The SMILES string of the molecule is CC(=O)O.Nc1nc2ccc(Cl)nc2s1. The summed E-state index contributed by atoms with van der Waals surface area (Å²) in [7, 11) is 0. The molecule has 0 aliphatic carbocycles. The number of rotatable bonds is 0. The summed E-state index contributed by atoms with van der Waals surface area (Å²) in [4.78, 5) is 17.9. The van der Waals surface area contributed by atoms with Gasteiger partial charge in [0, 0.05) is 6.92 Å². The third kappa shape index (κ3) is 3.69. The third-order valence-corrected chi connectivity index (χ3v) is 2.24. The van der Waals surface area contributed by atoms with Crippen molar-refractivity contribution >= 4 is 44.4 Å². The number of halogens is 1. The Hall–Kier alpha value is -1.40. The van der Waals surface area contributed by atoms with E-state index in [4.69, 9.17) is 27.2 Å². The molecule has 0 saturated heterocycles. The van der Waals surface area contributed by atoms with Crippen molar-refractivity contribution in [3.63, 3.8) is 0 Å². The molecule has 2 aromatic heterocycles. The van der Waals surface area contributed by atoms with Crippen LogP contribution in [-0.2, 0) is 4.79 Å². The Morgan fingerprint density at radius 1 is 1.53 bits per heavy atom. The number of anilines is 1. The van der Waals surface area contributed by atoms with Crippen LogP contribution in [0.25, 0.3) is 10.3 Å². The molecular weight excluding hydrogens is 238 g/mol. The molecule has 0 saturated carbocycles. The van der Waals surface area contributed by atoms with Gasteiger partial charge in [-0.2, -0.15) is 0 Å². The molecule has 0 aliphatic heterocycles. The first-order valence-corrected chi connectivity index (χ1v) is 5.06. The van der Waals surface area contributed by atoms with Crippen LogP contribution in [0.1, 0.15) is 6.92 Å². The summed E-state index contributed by atoms with van der Waals surface area (Å²) in [6.45, 7) is 1.08. The van der Waals surface area contributed by atoms with Crippen LogP contribution in [0.4, 0.5) is 5.13 Å². The molecule has 0 aliphatic rings. The molecule has 0 unspecified atom stereocenters. The summed E-state index contributed by atoms with van der Waals surface area (Å²) in [6.07, 6.45) is 0. The van der Waals surface area contributed by atoms with E-state index in [0.717, 1.165) is 17.3 Å². The number of nitrogen functional groups attached to an aromatic ring is 1. The first-order chi connectivity index (χ1) is 6.99. The number of thiazole rings is 1. The lowest BCUT2D eigenvalue weighted by molar-refractivity contribution is -0.134. The minimum atomic E-state index is -0.833. The fourth-order valence-corrected chi connectivity index (χ4v) is 1.71. The highest BCUT2D eigenvalue weighted by molar-refractivity contribution is 7.21. The van der Waals surface area contributed by atoms with Crippen LogP contribution in [-0.4, -0.2) is 21.0 Å². The monoisotopic (exact) mass is 245 g/mol. The number of carboxylic acid groups (broad SMARTS) is 1. The maximum Gasteiger partial charge on any atom is 0.300 e. The van der Waals surface area contributed by atoms with E-state index in [-0.39, 0.29) is 0 Å². The van der Waals surface area contributed by atoms with Crippen molar-refractivity contribution in [3.05, 3.63) is 17.3 Å². The lowest BCUT2D eigenvalue weighted by atomic mass is 10.5.